The van der Waals surface area contributed by atoms with Gasteiger partial charge in [0.1, 0.15) is 28.4 Å². The van der Waals surface area contributed by atoms with Gasteiger partial charge in [-0.2, -0.15) is 24.1 Å². The summed E-state index contributed by atoms with van der Waals surface area (Å²) >= 11 is 0. The van der Waals surface area contributed by atoms with E-state index in [1.807, 2.05) is 18.9 Å². The number of aryl methyl sites for hydroxylation is 1. The molecular formula is C27H27F2N9O4. The number of aliphatic hydroxyl groups is 1. The molecule has 4 aromatic heterocycles. The number of fused-ring (bicyclic) bond motifs is 1. The van der Waals surface area contributed by atoms with Gasteiger partial charge in [-0.25, -0.2) is 9.50 Å². The van der Waals surface area contributed by atoms with Crippen LogP contribution in [0.1, 0.15) is 17.3 Å². The topological polar surface area (TPSA) is 137 Å². The van der Waals surface area contributed by atoms with E-state index in [4.69, 9.17) is 9.47 Å². The van der Waals surface area contributed by atoms with Crippen molar-refractivity contribution in [1.82, 2.24) is 39.1 Å². The molecule has 13 nitrogen and oxygen atoms in total. The second kappa shape index (κ2) is 10.8. The number of nitrogens with zero attached hydrogens (tertiary/aromatic N) is 8. The van der Waals surface area contributed by atoms with Crippen LogP contribution in [0.15, 0.2) is 61.4 Å². The molecule has 1 aliphatic heterocycles. The quantitative estimate of drug-likeness (QED) is 0.256. The molecule has 0 bridgehead atoms. The summed E-state index contributed by atoms with van der Waals surface area (Å²) in [5, 5.41) is 26.3. The van der Waals surface area contributed by atoms with Gasteiger partial charge < -0.3 is 24.8 Å². The van der Waals surface area contributed by atoms with Crippen molar-refractivity contribution in [2.45, 2.75) is 32.2 Å². The summed E-state index contributed by atoms with van der Waals surface area (Å²) in [5.41, 5.74) is 0.351. The van der Waals surface area contributed by atoms with Crippen LogP contribution in [0.3, 0.4) is 0 Å². The van der Waals surface area contributed by atoms with E-state index in [-0.39, 0.29) is 28.3 Å². The van der Waals surface area contributed by atoms with E-state index in [1.165, 1.54) is 35.1 Å². The Kier molecular flexibility index (Phi) is 7.04. The van der Waals surface area contributed by atoms with Crippen LogP contribution in [-0.4, -0.2) is 82.4 Å². The molecule has 0 aliphatic carbocycles. The van der Waals surface area contributed by atoms with Gasteiger partial charge >= 0.3 is 6.61 Å². The maximum absolute atomic E-state index is 13.4. The van der Waals surface area contributed by atoms with Gasteiger partial charge in [0.25, 0.3) is 5.91 Å². The van der Waals surface area contributed by atoms with Crippen LogP contribution in [0.4, 0.5) is 14.5 Å². The van der Waals surface area contributed by atoms with Crippen LogP contribution in [-0.2, 0) is 13.1 Å². The molecule has 6 rings (SSSR count). The van der Waals surface area contributed by atoms with Crippen LogP contribution in [0.25, 0.3) is 16.9 Å². The first kappa shape index (κ1) is 27.3. The molecule has 1 saturated heterocycles. The summed E-state index contributed by atoms with van der Waals surface area (Å²) in [4.78, 5) is 19.4. The molecule has 1 amide bonds. The average molecular weight is 580 g/mol. The molecule has 0 unspecified atom stereocenters. The van der Waals surface area contributed by atoms with E-state index in [1.54, 1.807) is 40.2 Å². The maximum atomic E-state index is 13.4. The highest BCUT2D eigenvalue weighted by Gasteiger charge is 2.39. The Bertz CT molecular complexity index is 1740. The van der Waals surface area contributed by atoms with Crippen molar-refractivity contribution in [3.63, 3.8) is 0 Å². The minimum absolute atomic E-state index is 0.154. The van der Waals surface area contributed by atoms with E-state index in [2.05, 4.69) is 25.6 Å². The van der Waals surface area contributed by atoms with Crippen molar-refractivity contribution < 1.29 is 28.2 Å². The third kappa shape index (κ3) is 5.51. The lowest BCUT2D eigenvalue weighted by molar-refractivity contribution is -0.0983. The van der Waals surface area contributed by atoms with Crippen molar-refractivity contribution in [3.05, 3.63) is 67.0 Å². The number of β-amino-alcohol motifs (C(OH)–C–C–N with tert-alkyl or cyclic N) is 1. The van der Waals surface area contributed by atoms with E-state index >= 15 is 0 Å². The predicted octanol–water partition coefficient (Wildman–Crippen LogP) is 3.13. The SMILES string of the molecule is CCn1cc(NC(=O)c2cnn3cccnc23)c(-c2cc(Oc3cnn(CC4(O)CN(C)C4)c3)ccc2OC(F)F)n1. The standard InChI is InChI=1S/C27H27F2N9O4/c1-3-36-13-21(33-25(39)20-11-32-38-8-4-7-30-24(20)38)23(34-36)19-9-17(5-6-22(19)42-26(28)29)41-18-10-31-37(12-18)16-27(40)14-35(2)15-27/h4-13,26,40H,3,14-16H2,1-2H3,(H,33,39). The highest BCUT2D eigenvalue weighted by molar-refractivity contribution is 6.09. The van der Waals surface area contributed by atoms with Crippen LogP contribution >= 0.6 is 0 Å². The number of rotatable bonds is 10. The average Bonchev–Trinajstić information content (AvgIpc) is 3.67. The first-order valence-corrected chi connectivity index (χ1v) is 13.1. The first-order chi connectivity index (χ1) is 20.2. The lowest BCUT2D eigenvalue weighted by Gasteiger charge is -2.44. The molecule has 2 N–H and O–H groups in total. The van der Waals surface area contributed by atoms with E-state index in [0.717, 1.165) is 0 Å². The molecule has 218 valence electrons. The van der Waals surface area contributed by atoms with E-state index < -0.39 is 18.1 Å². The Hall–Kier alpha value is -4.89. The van der Waals surface area contributed by atoms with Crippen molar-refractivity contribution in [3.8, 4) is 28.5 Å². The summed E-state index contributed by atoms with van der Waals surface area (Å²) in [6, 6.07) is 6.01. The monoisotopic (exact) mass is 579 g/mol. The highest BCUT2D eigenvalue weighted by Crippen LogP contribution is 2.39. The van der Waals surface area contributed by atoms with Gasteiger partial charge in [0.05, 0.1) is 36.4 Å². The summed E-state index contributed by atoms with van der Waals surface area (Å²) < 4.78 is 42.1. The molecule has 1 aromatic carbocycles. The highest BCUT2D eigenvalue weighted by atomic mass is 19.3. The maximum Gasteiger partial charge on any atom is 0.387 e. The van der Waals surface area contributed by atoms with Gasteiger partial charge in [0.15, 0.2) is 11.4 Å². The number of alkyl halides is 2. The number of carbonyl (C=O) groups is 1. The second-order valence-corrected chi connectivity index (χ2v) is 10.1. The molecule has 42 heavy (non-hydrogen) atoms. The molecule has 5 aromatic rings. The number of halogens is 2. The second-order valence-electron chi connectivity index (χ2n) is 10.1. The Balaban J connectivity index is 1.30. The molecule has 15 heteroatoms. The minimum atomic E-state index is -3.10. The third-order valence-electron chi connectivity index (χ3n) is 6.71. The number of amides is 1. The number of likely N-dealkylation sites (N-methyl/N-ethyl adjacent to an activating group) is 1. The molecule has 1 fully saturated rings. The summed E-state index contributed by atoms with van der Waals surface area (Å²) in [6.07, 6.45) is 9.34. The zero-order valence-electron chi connectivity index (χ0n) is 22.7. The van der Waals surface area contributed by atoms with Crippen LogP contribution in [0.5, 0.6) is 17.2 Å². The van der Waals surface area contributed by atoms with Crippen molar-refractivity contribution in [2.24, 2.45) is 0 Å². The first-order valence-electron chi connectivity index (χ1n) is 13.1. The Morgan fingerprint density at radius 1 is 1.17 bits per heavy atom. The Labute approximate surface area is 237 Å². The van der Waals surface area contributed by atoms with Gasteiger partial charge in [-0.3, -0.25) is 14.2 Å². The summed E-state index contributed by atoms with van der Waals surface area (Å²) in [7, 11) is 1.92. The van der Waals surface area contributed by atoms with E-state index in [0.29, 0.717) is 43.3 Å². The molecule has 0 saturated carbocycles. The van der Waals surface area contributed by atoms with Gasteiger partial charge in [-0.1, -0.05) is 0 Å². The van der Waals surface area contributed by atoms with Crippen LogP contribution < -0.4 is 14.8 Å². The number of likely N-dealkylation sites (tertiary alicyclic amines) is 1. The van der Waals surface area contributed by atoms with Gasteiger partial charge in [0, 0.05) is 38.2 Å². The predicted molar refractivity (Wildman–Crippen MR) is 146 cm³/mol. The number of aromatic nitrogens is 7. The van der Waals surface area contributed by atoms with Gasteiger partial charge in [-0.15, -0.1) is 0 Å². The molecule has 0 radical (unpaired) electrons. The molecule has 1 aliphatic rings. The number of hydrogen-bond donors (Lipinski definition) is 2. The zero-order valence-corrected chi connectivity index (χ0v) is 22.7. The summed E-state index contributed by atoms with van der Waals surface area (Å²) in [6.45, 7) is 0.575. The summed E-state index contributed by atoms with van der Waals surface area (Å²) in [5.74, 6) is 0.0197. The normalized spacial score (nSPS) is 14.7. The lowest BCUT2D eigenvalue weighted by Crippen LogP contribution is -2.62. The lowest BCUT2D eigenvalue weighted by atomic mass is 9.95. The fourth-order valence-electron chi connectivity index (χ4n) is 4.99. The van der Waals surface area contributed by atoms with Gasteiger partial charge in [0.2, 0.25) is 0 Å². The number of benzene rings is 1. The molecule has 0 atom stereocenters. The number of ether oxygens (including phenoxy) is 2. The zero-order chi connectivity index (χ0) is 29.4. The van der Waals surface area contributed by atoms with Crippen LogP contribution in [0.2, 0.25) is 0 Å². The number of nitrogens with one attached hydrogen (secondary N) is 1. The molecule has 0 spiro atoms. The van der Waals surface area contributed by atoms with Gasteiger partial charge in [-0.05, 0) is 38.2 Å². The van der Waals surface area contributed by atoms with Crippen LogP contribution in [0, 0.1) is 0 Å². The smallest absolute Gasteiger partial charge is 0.387 e. The third-order valence-corrected chi connectivity index (χ3v) is 6.71. The number of anilines is 1. The van der Waals surface area contributed by atoms with Crippen molar-refractivity contribution in [2.75, 3.05) is 25.5 Å². The van der Waals surface area contributed by atoms with Crippen molar-refractivity contribution in [1.29, 1.82) is 0 Å². The number of hydrogen-bond acceptors (Lipinski definition) is 9. The fraction of sp³-hybridized carbons (Fsp3) is 0.296. The Morgan fingerprint density at radius 3 is 2.76 bits per heavy atom. The Morgan fingerprint density at radius 2 is 2.00 bits per heavy atom. The largest absolute Gasteiger partial charge is 0.454 e. The van der Waals surface area contributed by atoms with Crippen molar-refractivity contribution >= 4 is 17.2 Å². The fourth-order valence-corrected chi connectivity index (χ4v) is 4.99. The molecule has 5 heterocycles. The number of carbonyl (C=O) groups excluding carboxylic acids is 1. The molecular weight excluding hydrogens is 552 g/mol. The van der Waals surface area contributed by atoms with E-state index in [9.17, 15) is 18.7 Å². The minimum Gasteiger partial charge on any atom is -0.454 e.